The monoisotopic (exact) mass is 452 g/mol. The lowest BCUT2D eigenvalue weighted by molar-refractivity contribution is 0.102. The van der Waals surface area contributed by atoms with Gasteiger partial charge in [-0.3, -0.25) is 9.78 Å². The lowest BCUT2D eigenvalue weighted by atomic mass is 10.2. The molecule has 34 heavy (non-hydrogen) atoms. The largest absolute Gasteiger partial charge is 0.457 e. The van der Waals surface area contributed by atoms with Crippen molar-refractivity contribution in [2.45, 2.75) is 0 Å². The lowest BCUT2D eigenvalue weighted by Gasteiger charge is -2.30. The first kappa shape index (κ1) is 21.5. The highest BCUT2D eigenvalue weighted by atomic mass is 16.5. The number of anilines is 2. The number of carbonyl (C=O) groups is 1. The van der Waals surface area contributed by atoms with Gasteiger partial charge in [0.2, 0.25) is 0 Å². The number of rotatable bonds is 6. The summed E-state index contributed by atoms with van der Waals surface area (Å²) < 4.78 is 5.84. The molecule has 0 bridgehead atoms. The SMILES string of the molecule is O=C(Nc1cnccc1N1CCNCC1)c1ccnc(-c2ccc(Oc3ccccc3)cc2)n1. The second-order valence-corrected chi connectivity index (χ2v) is 7.79. The Morgan fingerprint density at radius 2 is 1.68 bits per heavy atom. The Bertz CT molecular complexity index is 1260. The summed E-state index contributed by atoms with van der Waals surface area (Å²) in [5.41, 5.74) is 2.69. The summed E-state index contributed by atoms with van der Waals surface area (Å²) in [6.07, 6.45) is 5.00. The van der Waals surface area contributed by atoms with E-state index in [0.29, 0.717) is 17.3 Å². The Morgan fingerprint density at radius 1 is 0.912 bits per heavy atom. The van der Waals surface area contributed by atoms with Gasteiger partial charge in [-0.2, -0.15) is 0 Å². The van der Waals surface area contributed by atoms with Gasteiger partial charge in [0.05, 0.1) is 17.6 Å². The number of hydrogen-bond acceptors (Lipinski definition) is 7. The highest BCUT2D eigenvalue weighted by Crippen LogP contribution is 2.26. The number of pyridine rings is 1. The average molecular weight is 453 g/mol. The Hall–Kier alpha value is -4.30. The third kappa shape index (κ3) is 5.02. The van der Waals surface area contributed by atoms with Crippen LogP contribution in [0.25, 0.3) is 11.4 Å². The van der Waals surface area contributed by atoms with Crippen LogP contribution in [0.4, 0.5) is 11.4 Å². The van der Waals surface area contributed by atoms with Gasteiger partial charge in [-0.05, 0) is 48.5 Å². The van der Waals surface area contributed by atoms with E-state index in [4.69, 9.17) is 4.74 Å². The first-order chi connectivity index (χ1) is 16.8. The molecule has 0 spiro atoms. The van der Waals surface area contributed by atoms with E-state index in [1.165, 1.54) is 0 Å². The molecule has 0 saturated carbocycles. The molecule has 2 N–H and O–H groups in total. The van der Waals surface area contributed by atoms with Gasteiger partial charge in [0.1, 0.15) is 17.2 Å². The van der Waals surface area contributed by atoms with Crippen LogP contribution >= 0.6 is 0 Å². The summed E-state index contributed by atoms with van der Waals surface area (Å²) in [7, 11) is 0. The molecule has 0 aliphatic carbocycles. The van der Waals surface area contributed by atoms with Crippen LogP contribution in [-0.2, 0) is 0 Å². The van der Waals surface area contributed by atoms with Crippen LogP contribution in [0.1, 0.15) is 10.5 Å². The van der Waals surface area contributed by atoms with Gasteiger partial charge < -0.3 is 20.3 Å². The minimum absolute atomic E-state index is 0.282. The first-order valence-electron chi connectivity index (χ1n) is 11.1. The smallest absolute Gasteiger partial charge is 0.274 e. The number of nitrogens with one attached hydrogen (secondary N) is 2. The van der Waals surface area contributed by atoms with E-state index < -0.39 is 0 Å². The van der Waals surface area contributed by atoms with Gasteiger partial charge in [0, 0.05) is 44.1 Å². The zero-order valence-electron chi connectivity index (χ0n) is 18.5. The van der Waals surface area contributed by atoms with Crippen LogP contribution in [0.3, 0.4) is 0 Å². The minimum atomic E-state index is -0.308. The van der Waals surface area contributed by atoms with E-state index >= 15 is 0 Å². The molecule has 1 saturated heterocycles. The quantitative estimate of drug-likeness (QED) is 0.457. The number of ether oxygens (including phenoxy) is 1. The second kappa shape index (κ2) is 10.1. The number of aromatic nitrogens is 3. The molecule has 8 heteroatoms. The molecule has 3 heterocycles. The van der Waals surface area contributed by atoms with Crippen molar-refractivity contribution < 1.29 is 9.53 Å². The summed E-state index contributed by atoms with van der Waals surface area (Å²) >= 11 is 0. The number of amides is 1. The highest BCUT2D eigenvalue weighted by molar-refractivity contribution is 6.04. The maximum Gasteiger partial charge on any atom is 0.274 e. The molecule has 2 aromatic carbocycles. The van der Waals surface area contributed by atoms with Crippen LogP contribution in [0.2, 0.25) is 0 Å². The van der Waals surface area contributed by atoms with E-state index in [2.05, 4.69) is 30.5 Å². The summed E-state index contributed by atoms with van der Waals surface area (Å²) in [6.45, 7) is 3.54. The average Bonchev–Trinajstić information content (AvgIpc) is 2.91. The maximum absolute atomic E-state index is 13.0. The van der Waals surface area contributed by atoms with Crippen molar-refractivity contribution in [3.8, 4) is 22.9 Å². The van der Waals surface area contributed by atoms with Crippen LogP contribution in [0, 0.1) is 0 Å². The fourth-order valence-corrected chi connectivity index (χ4v) is 3.77. The van der Waals surface area contributed by atoms with Gasteiger partial charge in [-0.1, -0.05) is 18.2 Å². The Morgan fingerprint density at radius 3 is 2.47 bits per heavy atom. The standard InChI is InChI=1S/C26H24N6O2/c33-26(31-23-18-28-12-11-24(23)32-16-14-27-15-17-32)22-10-13-29-25(30-22)19-6-8-21(9-7-19)34-20-4-2-1-3-5-20/h1-13,18,27H,14-17H2,(H,31,33). The second-order valence-electron chi connectivity index (χ2n) is 7.79. The fraction of sp³-hybridized carbons (Fsp3) is 0.154. The van der Waals surface area contributed by atoms with Gasteiger partial charge in [-0.25, -0.2) is 9.97 Å². The third-order valence-corrected chi connectivity index (χ3v) is 5.48. The predicted molar refractivity (Wildman–Crippen MR) is 131 cm³/mol. The number of para-hydroxylation sites is 1. The Balaban J connectivity index is 1.31. The van der Waals surface area contributed by atoms with Crippen molar-refractivity contribution in [3.05, 3.63) is 91.0 Å². The van der Waals surface area contributed by atoms with Gasteiger partial charge >= 0.3 is 0 Å². The Kier molecular flexibility index (Phi) is 6.40. The van der Waals surface area contributed by atoms with Crippen LogP contribution in [-0.4, -0.2) is 47.0 Å². The maximum atomic E-state index is 13.0. The molecule has 5 rings (SSSR count). The van der Waals surface area contributed by atoms with Gasteiger partial charge in [0.25, 0.3) is 5.91 Å². The Labute approximate surface area is 197 Å². The van der Waals surface area contributed by atoms with Crippen LogP contribution in [0.5, 0.6) is 11.5 Å². The van der Waals surface area contributed by atoms with Gasteiger partial charge in [-0.15, -0.1) is 0 Å². The summed E-state index contributed by atoms with van der Waals surface area (Å²) in [5.74, 6) is 1.63. The van der Waals surface area contributed by atoms with E-state index in [9.17, 15) is 4.79 Å². The molecular formula is C26H24N6O2. The molecule has 1 aliphatic heterocycles. The van der Waals surface area contributed by atoms with E-state index in [0.717, 1.165) is 43.2 Å². The van der Waals surface area contributed by atoms with Crippen molar-refractivity contribution in [2.75, 3.05) is 36.4 Å². The topological polar surface area (TPSA) is 92.3 Å². The van der Waals surface area contributed by atoms with Crippen molar-refractivity contribution >= 4 is 17.3 Å². The predicted octanol–water partition coefficient (Wildman–Crippen LogP) is 3.99. The van der Waals surface area contributed by atoms with E-state index in [1.54, 1.807) is 24.7 Å². The fourth-order valence-electron chi connectivity index (χ4n) is 3.77. The summed E-state index contributed by atoms with van der Waals surface area (Å²) in [6, 6.07) is 20.6. The van der Waals surface area contributed by atoms with Gasteiger partial charge in [0.15, 0.2) is 5.82 Å². The molecule has 0 atom stereocenters. The number of hydrogen-bond donors (Lipinski definition) is 2. The zero-order valence-corrected chi connectivity index (χ0v) is 18.5. The van der Waals surface area contributed by atoms with E-state index in [-0.39, 0.29) is 11.6 Å². The highest BCUT2D eigenvalue weighted by Gasteiger charge is 2.17. The summed E-state index contributed by atoms with van der Waals surface area (Å²) in [4.78, 5) is 28.3. The van der Waals surface area contributed by atoms with Crippen molar-refractivity contribution in [1.29, 1.82) is 0 Å². The van der Waals surface area contributed by atoms with Crippen molar-refractivity contribution in [1.82, 2.24) is 20.3 Å². The first-order valence-corrected chi connectivity index (χ1v) is 11.1. The van der Waals surface area contributed by atoms with Crippen LogP contribution in [0.15, 0.2) is 85.3 Å². The van der Waals surface area contributed by atoms with E-state index in [1.807, 2.05) is 60.7 Å². The third-order valence-electron chi connectivity index (χ3n) is 5.48. The molecule has 4 aromatic rings. The minimum Gasteiger partial charge on any atom is -0.457 e. The number of piperazine rings is 1. The molecule has 1 aliphatic rings. The van der Waals surface area contributed by atoms with Crippen molar-refractivity contribution in [2.24, 2.45) is 0 Å². The molecule has 0 radical (unpaired) electrons. The lowest BCUT2D eigenvalue weighted by Crippen LogP contribution is -2.43. The zero-order chi connectivity index (χ0) is 23.2. The number of carbonyl (C=O) groups excluding carboxylic acids is 1. The van der Waals surface area contributed by atoms with Crippen molar-refractivity contribution in [3.63, 3.8) is 0 Å². The molecule has 8 nitrogen and oxygen atoms in total. The molecular weight excluding hydrogens is 428 g/mol. The molecule has 170 valence electrons. The number of benzene rings is 2. The molecule has 2 aromatic heterocycles. The van der Waals surface area contributed by atoms with Crippen LogP contribution < -0.4 is 20.3 Å². The number of nitrogens with zero attached hydrogens (tertiary/aromatic N) is 4. The molecule has 1 fully saturated rings. The molecule has 0 unspecified atom stereocenters. The molecule has 1 amide bonds. The normalized spacial score (nSPS) is 13.4. The summed E-state index contributed by atoms with van der Waals surface area (Å²) in [5, 5.41) is 6.30.